The minimum absolute atomic E-state index is 0.00795. The summed E-state index contributed by atoms with van der Waals surface area (Å²) in [5.41, 5.74) is 0. The lowest BCUT2D eigenvalue weighted by molar-refractivity contribution is -0.143. The first kappa shape index (κ1) is 39.7. The first-order chi connectivity index (χ1) is 20.3. The van der Waals surface area contributed by atoms with Crippen molar-refractivity contribution >= 4 is 5.97 Å². The fourth-order valence-electron chi connectivity index (χ4n) is 5.33. The van der Waals surface area contributed by atoms with Gasteiger partial charge in [0.1, 0.15) is 0 Å². The second kappa shape index (κ2) is 36.7. The molecule has 0 saturated heterocycles. The van der Waals surface area contributed by atoms with Crippen LogP contribution in [0.25, 0.3) is 0 Å². The standard InChI is InChI=1S/C39H72O2/c1-3-5-7-9-11-13-15-17-19-20-21-22-24-26-28-30-32-34-36-38-41-39(40)37-35-33-31-29-27-25-23-18-16-14-12-10-8-6-4-2/h6,8,12,14,18,23H,3-5,7,9-11,13,15-17,19-22,24-38H2,1-2H3/b8-6-,14-12-,23-18-. The maximum atomic E-state index is 11.9. The summed E-state index contributed by atoms with van der Waals surface area (Å²) < 4.78 is 5.44. The third-order valence-electron chi connectivity index (χ3n) is 8.04. The maximum absolute atomic E-state index is 11.9. The maximum Gasteiger partial charge on any atom is 0.305 e. The Morgan fingerprint density at radius 1 is 0.439 bits per heavy atom. The Morgan fingerprint density at radius 2 is 0.829 bits per heavy atom. The molecule has 0 bridgehead atoms. The number of unbranched alkanes of at least 4 members (excludes halogenated alkanes) is 23. The van der Waals surface area contributed by atoms with E-state index in [-0.39, 0.29) is 5.97 Å². The highest BCUT2D eigenvalue weighted by Crippen LogP contribution is 2.15. The van der Waals surface area contributed by atoms with Crippen LogP contribution in [0.1, 0.15) is 200 Å². The monoisotopic (exact) mass is 573 g/mol. The van der Waals surface area contributed by atoms with Gasteiger partial charge in [0.05, 0.1) is 6.61 Å². The van der Waals surface area contributed by atoms with E-state index in [1.54, 1.807) is 0 Å². The van der Waals surface area contributed by atoms with Crippen molar-refractivity contribution in [3.05, 3.63) is 36.5 Å². The number of hydrogen-bond donors (Lipinski definition) is 0. The predicted octanol–water partition coefficient (Wildman–Crippen LogP) is 13.6. The van der Waals surface area contributed by atoms with Gasteiger partial charge in [-0.1, -0.05) is 185 Å². The molecule has 0 fully saturated rings. The summed E-state index contributed by atoms with van der Waals surface area (Å²) in [6.45, 7) is 5.08. The van der Waals surface area contributed by atoms with Crippen LogP contribution in [-0.2, 0) is 9.53 Å². The molecule has 0 aromatic heterocycles. The summed E-state index contributed by atoms with van der Waals surface area (Å²) in [5, 5.41) is 0. The van der Waals surface area contributed by atoms with Gasteiger partial charge in [-0.3, -0.25) is 4.79 Å². The molecule has 0 aromatic carbocycles. The van der Waals surface area contributed by atoms with Crippen LogP contribution in [0.4, 0.5) is 0 Å². The van der Waals surface area contributed by atoms with Crippen molar-refractivity contribution in [2.45, 2.75) is 200 Å². The smallest absolute Gasteiger partial charge is 0.305 e. The van der Waals surface area contributed by atoms with E-state index in [4.69, 9.17) is 4.74 Å². The lowest BCUT2D eigenvalue weighted by atomic mass is 10.0. The third-order valence-corrected chi connectivity index (χ3v) is 8.04. The first-order valence-electron chi connectivity index (χ1n) is 18.4. The largest absolute Gasteiger partial charge is 0.466 e. The highest BCUT2D eigenvalue weighted by atomic mass is 16.5. The van der Waals surface area contributed by atoms with E-state index < -0.39 is 0 Å². The average Bonchev–Trinajstić information content (AvgIpc) is 2.98. The lowest BCUT2D eigenvalue weighted by Gasteiger charge is -2.05. The van der Waals surface area contributed by atoms with Crippen molar-refractivity contribution in [3.8, 4) is 0 Å². The highest BCUT2D eigenvalue weighted by Gasteiger charge is 2.02. The summed E-state index contributed by atoms with van der Waals surface area (Å²) in [4.78, 5) is 11.9. The Hall–Kier alpha value is -1.31. The van der Waals surface area contributed by atoms with Crippen LogP contribution in [0.5, 0.6) is 0 Å². The molecule has 0 spiro atoms. The van der Waals surface area contributed by atoms with E-state index in [9.17, 15) is 4.79 Å². The third kappa shape index (κ3) is 36.7. The molecule has 0 unspecified atom stereocenters. The molecule has 0 aromatic rings. The second-order valence-corrected chi connectivity index (χ2v) is 12.2. The summed E-state index contributed by atoms with van der Waals surface area (Å²) in [5.74, 6) is 0.00795. The van der Waals surface area contributed by atoms with Crippen LogP contribution in [0.3, 0.4) is 0 Å². The van der Waals surface area contributed by atoms with Gasteiger partial charge in [0.2, 0.25) is 0 Å². The van der Waals surface area contributed by atoms with Crippen molar-refractivity contribution in [2.24, 2.45) is 0 Å². The quantitative estimate of drug-likeness (QED) is 0.0444. The van der Waals surface area contributed by atoms with Crippen molar-refractivity contribution in [1.29, 1.82) is 0 Å². The molecule has 2 heteroatoms. The van der Waals surface area contributed by atoms with Crippen LogP contribution in [0.15, 0.2) is 36.5 Å². The number of ether oxygens (including phenoxy) is 1. The van der Waals surface area contributed by atoms with E-state index in [1.807, 2.05) is 0 Å². The molecular weight excluding hydrogens is 500 g/mol. The normalized spacial score (nSPS) is 12.0. The van der Waals surface area contributed by atoms with Crippen molar-refractivity contribution in [3.63, 3.8) is 0 Å². The SMILES string of the molecule is CC/C=C\C/C=C\C/C=C\CCCCCCCC(=O)OCCCCCCCCCCCCCCCCCCCCC. The molecule has 0 rings (SSSR count). The van der Waals surface area contributed by atoms with Gasteiger partial charge in [0.15, 0.2) is 0 Å². The summed E-state index contributed by atoms with van der Waals surface area (Å²) in [6.07, 6.45) is 50.7. The van der Waals surface area contributed by atoms with Gasteiger partial charge in [-0.05, 0) is 44.9 Å². The van der Waals surface area contributed by atoms with Gasteiger partial charge < -0.3 is 4.74 Å². The summed E-state index contributed by atoms with van der Waals surface area (Å²) in [7, 11) is 0. The minimum Gasteiger partial charge on any atom is -0.466 e. The van der Waals surface area contributed by atoms with E-state index >= 15 is 0 Å². The van der Waals surface area contributed by atoms with Gasteiger partial charge in [-0.2, -0.15) is 0 Å². The van der Waals surface area contributed by atoms with Crippen LogP contribution in [0.2, 0.25) is 0 Å². The Morgan fingerprint density at radius 3 is 1.32 bits per heavy atom. The number of carbonyl (C=O) groups excluding carboxylic acids is 1. The fraction of sp³-hybridized carbons (Fsp3) is 0.821. The number of allylic oxidation sites excluding steroid dienone is 6. The van der Waals surface area contributed by atoms with E-state index in [0.717, 1.165) is 38.5 Å². The van der Waals surface area contributed by atoms with E-state index in [2.05, 4.69) is 50.3 Å². The summed E-state index contributed by atoms with van der Waals surface area (Å²) >= 11 is 0. The Balaban J connectivity index is 3.21. The predicted molar refractivity (Wildman–Crippen MR) is 184 cm³/mol. The molecule has 0 aliphatic carbocycles. The highest BCUT2D eigenvalue weighted by molar-refractivity contribution is 5.69. The second-order valence-electron chi connectivity index (χ2n) is 12.2. The molecular formula is C39H72O2. The van der Waals surface area contributed by atoms with Gasteiger partial charge >= 0.3 is 5.97 Å². The topological polar surface area (TPSA) is 26.3 Å². The molecule has 0 saturated carbocycles. The van der Waals surface area contributed by atoms with Crippen LogP contribution in [-0.4, -0.2) is 12.6 Å². The van der Waals surface area contributed by atoms with E-state index in [0.29, 0.717) is 13.0 Å². The molecule has 41 heavy (non-hydrogen) atoms. The van der Waals surface area contributed by atoms with Crippen molar-refractivity contribution < 1.29 is 9.53 Å². The molecule has 0 heterocycles. The lowest BCUT2D eigenvalue weighted by Crippen LogP contribution is -2.05. The molecule has 2 nitrogen and oxygen atoms in total. The van der Waals surface area contributed by atoms with E-state index in [1.165, 1.54) is 141 Å². The fourth-order valence-corrected chi connectivity index (χ4v) is 5.33. The molecule has 0 atom stereocenters. The Bertz CT molecular complexity index is 588. The van der Waals surface area contributed by atoms with Crippen LogP contribution < -0.4 is 0 Å². The number of esters is 1. The average molecular weight is 573 g/mol. The van der Waals surface area contributed by atoms with Gasteiger partial charge in [-0.25, -0.2) is 0 Å². The van der Waals surface area contributed by atoms with Crippen LogP contribution in [0, 0.1) is 0 Å². The zero-order valence-corrected chi connectivity index (χ0v) is 28.0. The minimum atomic E-state index is 0.00795. The molecule has 0 radical (unpaired) electrons. The molecule has 0 aliphatic heterocycles. The first-order valence-corrected chi connectivity index (χ1v) is 18.4. The zero-order chi connectivity index (χ0) is 29.7. The molecule has 0 amide bonds. The Labute approximate surface area is 258 Å². The van der Waals surface area contributed by atoms with Crippen molar-refractivity contribution in [1.82, 2.24) is 0 Å². The zero-order valence-electron chi connectivity index (χ0n) is 28.0. The van der Waals surface area contributed by atoms with Gasteiger partial charge in [-0.15, -0.1) is 0 Å². The van der Waals surface area contributed by atoms with Crippen LogP contribution >= 0.6 is 0 Å². The Kier molecular flexibility index (Phi) is 35.5. The molecule has 0 N–H and O–H groups in total. The van der Waals surface area contributed by atoms with Gasteiger partial charge in [0, 0.05) is 6.42 Å². The summed E-state index contributed by atoms with van der Waals surface area (Å²) in [6, 6.07) is 0. The number of hydrogen-bond acceptors (Lipinski definition) is 2. The molecule has 0 aliphatic rings. The number of carbonyl (C=O) groups is 1. The van der Waals surface area contributed by atoms with Crippen molar-refractivity contribution in [2.75, 3.05) is 6.61 Å². The van der Waals surface area contributed by atoms with Gasteiger partial charge in [0.25, 0.3) is 0 Å². The number of rotatable bonds is 33. The molecule has 240 valence electrons.